The van der Waals surface area contributed by atoms with E-state index < -0.39 is 6.10 Å². The first-order valence-corrected chi connectivity index (χ1v) is 24.6. The molecular weight excluding hydrogens is 733 g/mol. The molecule has 0 bridgehead atoms. The van der Waals surface area contributed by atoms with Crippen molar-refractivity contribution < 1.29 is 43.2 Å². The van der Waals surface area contributed by atoms with Crippen molar-refractivity contribution in [3.63, 3.8) is 0 Å². The molecule has 342 valence electrons. The molecule has 0 spiro atoms. The van der Waals surface area contributed by atoms with Crippen LogP contribution in [-0.4, -0.2) is 60.0 Å². The van der Waals surface area contributed by atoms with Gasteiger partial charge in [-0.05, 0) is 57.8 Å². The van der Waals surface area contributed by atoms with E-state index in [-0.39, 0.29) is 42.2 Å². The van der Waals surface area contributed by atoms with E-state index in [9.17, 15) is 24.3 Å². The predicted molar refractivity (Wildman–Crippen MR) is 237 cm³/mol. The molecule has 0 saturated carbocycles. The Morgan fingerprint density at radius 3 is 1.07 bits per heavy atom. The molecule has 0 aliphatic heterocycles. The predicted octanol–water partition coefficient (Wildman–Crippen LogP) is 13.4. The fraction of sp³-hybridized carbons (Fsp3) is 0.918. The standard InChI is InChI=1S/C49H92O9/c1-6-11-13-15-25-31-37-43(56-46(51)8-3)42(50)36-30-24-20-18-17-19-21-28-34-40-49(54)55-41-35-29-23-22-27-33-39-45(58-48(53)10-5)44(57-47(52)9-4)38-32-26-16-14-12-7-2/h42-45,50H,6-41H2,1-5H3. The largest absolute Gasteiger partial charge is 0.466 e. The Balaban J connectivity index is 4.03. The van der Waals surface area contributed by atoms with E-state index in [2.05, 4.69) is 13.8 Å². The monoisotopic (exact) mass is 825 g/mol. The minimum absolute atomic E-state index is 0.0900. The quantitative estimate of drug-likeness (QED) is 0.0363. The van der Waals surface area contributed by atoms with E-state index >= 15 is 0 Å². The zero-order valence-electron chi connectivity index (χ0n) is 38.5. The van der Waals surface area contributed by atoms with Gasteiger partial charge in [0.15, 0.2) is 0 Å². The highest BCUT2D eigenvalue weighted by molar-refractivity contribution is 5.70. The van der Waals surface area contributed by atoms with E-state index in [1.807, 2.05) is 0 Å². The van der Waals surface area contributed by atoms with Gasteiger partial charge in [0.25, 0.3) is 0 Å². The van der Waals surface area contributed by atoms with Crippen LogP contribution in [0.5, 0.6) is 0 Å². The van der Waals surface area contributed by atoms with Crippen molar-refractivity contribution in [2.24, 2.45) is 0 Å². The lowest BCUT2D eigenvalue weighted by Gasteiger charge is -2.27. The molecule has 0 amide bonds. The van der Waals surface area contributed by atoms with Gasteiger partial charge < -0.3 is 24.1 Å². The van der Waals surface area contributed by atoms with Crippen LogP contribution >= 0.6 is 0 Å². The first-order chi connectivity index (χ1) is 28.2. The van der Waals surface area contributed by atoms with Gasteiger partial charge in [0.2, 0.25) is 0 Å². The summed E-state index contributed by atoms with van der Waals surface area (Å²) in [5.74, 6) is -0.786. The average molecular weight is 825 g/mol. The highest BCUT2D eigenvalue weighted by Gasteiger charge is 2.28. The van der Waals surface area contributed by atoms with Crippen LogP contribution in [0.2, 0.25) is 0 Å². The van der Waals surface area contributed by atoms with Crippen molar-refractivity contribution in [2.45, 2.75) is 284 Å². The number of esters is 4. The maximum atomic E-state index is 12.2. The summed E-state index contributed by atoms with van der Waals surface area (Å²) >= 11 is 0. The lowest BCUT2D eigenvalue weighted by Crippen LogP contribution is -2.35. The summed E-state index contributed by atoms with van der Waals surface area (Å²) in [7, 11) is 0. The third-order valence-electron chi connectivity index (χ3n) is 11.3. The normalized spacial score (nSPS) is 13.4. The molecule has 0 aliphatic carbocycles. The van der Waals surface area contributed by atoms with E-state index in [0.717, 1.165) is 116 Å². The lowest BCUT2D eigenvalue weighted by atomic mass is 9.99. The van der Waals surface area contributed by atoms with Crippen LogP contribution in [0.15, 0.2) is 0 Å². The molecule has 0 aromatic carbocycles. The van der Waals surface area contributed by atoms with Crippen LogP contribution in [0, 0.1) is 0 Å². The van der Waals surface area contributed by atoms with Crippen molar-refractivity contribution in [3.8, 4) is 0 Å². The zero-order chi connectivity index (χ0) is 42.9. The molecule has 0 heterocycles. The van der Waals surface area contributed by atoms with Crippen molar-refractivity contribution in [1.29, 1.82) is 0 Å². The van der Waals surface area contributed by atoms with Gasteiger partial charge in [-0.25, -0.2) is 0 Å². The second-order valence-electron chi connectivity index (χ2n) is 16.7. The topological polar surface area (TPSA) is 125 Å². The number of unbranched alkanes of at least 4 members (excludes halogenated alkanes) is 23. The van der Waals surface area contributed by atoms with E-state index in [0.29, 0.717) is 45.1 Å². The number of carbonyl (C=O) groups excluding carboxylic acids is 4. The Labute approximate surface area is 356 Å². The second kappa shape index (κ2) is 41.6. The number of hydrogen-bond acceptors (Lipinski definition) is 9. The number of carbonyl (C=O) groups is 4. The first-order valence-electron chi connectivity index (χ1n) is 24.6. The van der Waals surface area contributed by atoms with Crippen LogP contribution in [0.3, 0.4) is 0 Å². The molecule has 9 nitrogen and oxygen atoms in total. The van der Waals surface area contributed by atoms with Crippen LogP contribution < -0.4 is 0 Å². The fourth-order valence-electron chi connectivity index (χ4n) is 7.44. The third-order valence-corrected chi connectivity index (χ3v) is 11.3. The molecule has 4 atom stereocenters. The number of aliphatic hydroxyl groups excluding tert-OH is 1. The highest BCUT2D eigenvalue weighted by Crippen LogP contribution is 2.22. The number of aliphatic hydroxyl groups is 1. The van der Waals surface area contributed by atoms with Crippen molar-refractivity contribution in [1.82, 2.24) is 0 Å². The summed E-state index contributed by atoms with van der Waals surface area (Å²) < 4.78 is 22.7. The van der Waals surface area contributed by atoms with Crippen LogP contribution in [0.1, 0.15) is 259 Å². The van der Waals surface area contributed by atoms with Gasteiger partial charge in [-0.3, -0.25) is 19.2 Å². The number of ether oxygens (including phenoxy) is 4. The Kier molecular flexibility index (Phi) is 40.0. The molecule has 1 N–H and O–H groups in total. The van der Waals surface area contributed by atoms with Gasteiger partial charge in [-0.15, -0.1) is 0 Å². The molecule has 9 heteroatoms. The van der Waals surface area contributed by atoms with E-state index in [1.54, 1.807) is 20.8 Å². The molecule has 0 saturated heterocycles. The summed E-state index contributed by atoms with van der Waals surface area (Å²) in [6.07, 6.45) is 32.5. The smallest absolute Gasteiger partial charge is 0.305 e. The Hall–Kier alpha value is -2.16. The Morgan fingerprint density at radius 2 is 0.672 bits per heavy atom. The first kappa shape index (κ1) is 55.8. The van der Waals surface area contributed by atoms with Crippen molar-refractivity contribution in [2.75, 3.05) is 6.61 Å². The Morgan fingerprint density at radius 1 is 0.362 bits per heavy atom. The van der Waals surface area contributed by atoms with E-state index in [4.69, 9.17) is 18.9 Å². The summed E-state index contributed by atoms with van der Waals surface area (Å²) in [5.41, 5.74) is 0. The van der Waals surface area contributed by atoms with Gasteiger partial charge in [0.1, 0.15) is 18.3 Å². The highest BCUT2D eigenvalue weighted by atomic mass is 16.6. The molecule has 0 aromatic rings. The molecule has 0 fully saturated rings. The summed E-state index contributed by atoms with van der Waals surface area (Å²) in [4.78, 5) is 48.6. The van der Waals surface area contributed by atoms with Crippen molar-refractivity contribution in [3.05, 3.63) is 0 Å². The summed E-state index contributed by atoms with van der Waals surface area (Å²) in [5, 5.41) is 10.7. The zero-order valence-corrected chi connectivity index (χ0v) is 38.5. The maximum Gasteiger partial charge on any atom is 0.305 e. The van der Waals surface area contributed by atoms with Gasteiger partial charge in [0, 0.05) is 25.7 Å². The maximum absolute atomic E-state index is 12.2. The Bertz CT molecular complexity index is 970. The molecule has 0 aromatic heterocycles. The lowest BCUT2D eigenvalue weighted by molar-refractivity contribution is -0.169. The van der Waals surface area contributed by atoms with Gasteiger partial charge in [0.05, 0.1) is 12.7 Å². The van der Waals surface area contributed by atoms with Crippen LogP contribution in [0.4, 0.5) is 0 Å². The molecular formula is C49H92O9. The molecule has 0 radical (unpaired) electrons. The minimum atomic E-state index is -0.571. The van der Waals surface area contributed by atoms with Gasteiger partial charge >= 0.3 is 23.9 Å². The molecule has 0 aliphatic rings. The van der Waals surface area contributed by atoms with E-state index in [1.165, 1.54) is 70.6 Å². The molecule has 0 rings (SSSR count). The SMILES string of the molecule is CCCCCCCCC(OC(=O)CC)C(O)CCCCCCCCCCCC(=O)OCCCCCCCCC(OC(=O)CC)C(CCCCCCCC)OC(=O)CC. The van der Waals surface area contributed by atoms with Crippen molar-refractivity contribution >= 4 is 23.9 Å². The van der Waals surface area contributed by atoms with Gasteiger partial charge in [-0.1, -0.05) is 176 Å². The summed E-state index contributed by atoms with van der Waals surface area (Å²) in [6, 6.07) is 0. The molecule has 58 heavy (non-hydrogen) atoms. The van der Waals surface area contributed by atoms with Crippen LogP contribution in [-0.2, 0) is 38.1 Å². The average Bonchev–Trinajstić information content (AvgIpc) is 3.22. The summed E-state index contributed by atoms with van der Waals surface area (Å²) in [6.45, 7) is 10.3. The second-order valence-corrected chi connectivity index (χ2v) is 16.7. The molecule has 4 unspecified atom stereocenters. The van der Waals surface area contributed by atoms with Gasteiger partial charge in [-0.2, -0.15) is 0 Å². The minimum Gasteiger partial charge on any atom is -0.466 e. The number of rotatable bonds is 43. The van der Waals surface area contributed by atoms with Crippen LogP contribution in [0.25, 0.3) is 0 Å². The third kappa shape index (κ3) is 34.7. The number of hydrogen-bond donors (Lipinski definition) is 1. The fourth-order valence-corrected chi connectivity index (χ4v) is 7.44.